The van der Waals surface area contributed by atoms with Crippen LogP contribution in [0.25, 0.3) is 11.8 Å². The van der Waals surface area contributed by atoms with Crippen LogP contribution < -0.4 is 0 Å². The number of aromatic nitrogens is 1. The molecule has 0 atom stereocenters. The van der Waals surface area contributed by atoms with Gasteiger partial charge in [0.2, 0.25) is 5.76 Å². The van der Waals surface area contributed by atoms with Crippen LogP contribution in [0.15, 0.2) is 51.8 Å². The fraction of sp³-hybridized carbons (Fsp3) is 0.231. The summed E-state index contributed by atoms with van der Waals surface area (Å²) in [5, 5.41) is -0.425. The van der Waals surface area contributed by atoms with Gasteiger partial charge in [0, 0.05) is 17.1 Å². The van der Waals surface area contributed by atoms with Crippen molar-refractivity contribution in [3.63, 3.8) is 0 Å². The van der Waals surface area contributed by atoms with Crippen molar-refractivity contribution in [2.45, 2.75) is 27.3 Å². The van der Waals surface area contributed by atoms with Crippen LogP contribution in [0.4, 0.5) is 4.79 Å². The third-order valence-corrected chi connectivity index (χ3v) is 6.54. The predicted molar refractivity (Wildman–Crippen MR) is 133 cm³/mol. The number of nitrogens with zero attached hydrogens (tertiary/aromatic N) is 2. The number of hydrogen-bond donors (Lipinski definition) is 0. The van der Waals surface area contributed by atoms with Gasteiger partial charge in [-0.15, -0.1) is 0 Å². The van der Waals surface area contributed by atoms with Gasteiger partial charge in [0.05, 0.1) is 30.7 Å². The van der Waals surface area contributed by atoms with E-state index in [0.717, 1.165) is 39.3 Å². The Morgan fingerprint density at radius 2 is 1.78 bits per heavy atom. The highest BCUT2D eigenvalue weighted by Crippen LogP contribution is 2.35. The molecule has 0 saturated carbocycles. The highest BCUT2D eigenvalue weighted by Gasteiger charge is 2.36. The van der Waals surface area contributed by atoms with Crippen molar-refractivity contribution in [2.24, 2.45) is 0 Å². The van der Waals surface area contributed by atoms with E-state index in [1.165, 1.54) is 19.2 Å². The number of carbonyl (C=O) groups is 4. The zero-order chi connectivity index (χ0) is 26.0. The van der Waals surface area contributed by atoms with Crippen molar-refractivity contribution < 1.29 is 33.1 Å². The van der Waals surface area contributed by atoms with Crippen LogP contribution in [0.1, 0.15) is 50.5 Å². The molecule has 1 aliphatic rings. The Hall–Kier alpha value is -4.05. The minimum Gasteiger partial charge on any atom is -0.463 e. The number of methoxy groups -OCH3 is 1. The molecule has 0 radical (unpaired) electrons. The topological polar surface area (TPSA) is 108 Å². The molecule has 3 aromatic rings. The molecule has 2 amide bonds. The molecule has 186 valence electrons. The molecule has 36 heavy (non-hydrogen) atoms. The molecule has 0 spiro atoms. The summed E-state index contributed by atoms with van der Waals surface area (Å²) in [5.41, 5.74) is 3.90. The molecule has 1 fully saturated rings. The molecule has 1 aromatic carbocycles. The van der Waals surface area contributed by atoms with Crippen LogP contribution in [0.3, 0.4) is 0 Å². The lowest BCUT2D eigenvalue weighted by Gasteiger charge is -2.11. The van der Waals surface area contributed by atoms with Gasteiger partial charge in [-0.1, -0.05) is 0 Å². The molecule has 0 aliphatic carbocycles. The third-order valence-electron chi connectivity index (χ3n) is 5.63. The normalized spacial score (nSPS) is 14.6. The van der Waals surface area contributed by atoms with Crippen molar-refractivity contribution in [1.82, 2.24) is 9.47 Å². The number of rotatable bonds is 7. The Morgan fingerprint density at radius 3 is 2.44 bits per heavy atom. The van der Waals surface area contributed by atoms with E-state index in [1.807, 2.05) is 36.6 Å². The van der Waals surface area contributed by atoms with Crippen LogP contribution in [-0.2, 0) is 20.8 Å². The van der Waals surface area contributed by atoms with E-state index in [0.29, 0.717) is 17.9 Å². The largest absolute Gasteiger partial charge is 0.463 e. The first-order valence-corrected chi connectivity index (χ1v) is 11.9. The highest BCUT2D eigenvalue weighted by molar-refractivity contribution is 8.18. The molecule has 3 heterocycles. The lowest BCUT2D eigenvalue weighted by Crippen LogP contribution is -2.27. The summed E-state index contributed by atoms with van der Waals surface area (Å²) >= 11 is 0.847. The summed E-state index contributed by atoms with van der Waals surface area (Å²) in [5.74, 6) is -1.16. The number of esters is 2. The first-order valence-electron chi connectivity index (χ1n) is 11.1. The molecule has 10 heteroatoms. The lowest BCUT2D eigenvalue weighted by molar-refractivity contribution is -0.123. The number of furan rings is 1. The SMILES string of the molecule is CCOC(=O)c1ccc(-n2c(C)cc(/C=C3/SC(=O)N(Cc4ccc(C(=O)OC)o4)C3=O)c2C)cc1. The van der Waals surface area contributed by atoms with Crippen molar-refractivity contribution in [3.05, 3.63) is 81.4 Å². The average Bonchev–Trinajstić information content (AvgIpc) is 3.52. The molecule has 0 unspecified atom stereocenters. The number of ether oxygens (including phenoxy) is 2. The number of amides is 2. The summed E-state index contributed by atoms with van der Waals surface area (Å²) in [6.45, 7) is 5.82. The maximum Gasteiger partial charge on any atom is 0.373 e. The minimum absolute atomic E-state index is 0.00209. The number of thioether (sulfide) groups is 1. The number of hydrogen-bond acceptors (Lipinski definition) is 8. The van der Waals surface area contributed by atoms with Crippen LogP contribution in [-0.4, -0.2) is 46.3 Å². The monoisotopic (exact) mass is 508 g/mol. The van der Waals surface area contributed by atoms with E-state index in [4.69, 9.17) is 9.15 Å². The summed E-state index contributed by atoms with van der Waals surface area (Å²) in [7, 11) is 1.24. The van der Waals surface area contributed by atoms with Gasteiger partial charge in [-0.05, 0) is 86.6 Å². The minimum atomic E-state index is -0.638. The maximum atomic E-state index is 13.0. The second kappa shape index (κ2) is 10.3. The third kappa shape index (κ3) is 4.85. The Balaban J connectivity index is 1.55. The van der Waals surface area contributed by atoms with Gasteiger partial charge in [-0.3, -0.25) is 14.5 Å². The van der Waals surface area contributed by atoms with Crippen molar-refractivity contribution in [2.75, 3.05) is 13.7 Å². The number of benzene rings is 1. The van der Waals surface area contributed by atoms with Crippen molar-refractivity contribution >= 4 is 40.9 Å². The van der Waals surface area contributed by atoms with Crippen LogP contribution in [0.5, 0.6) is 0 Å². The van der Waals surface area contributed by atoms with Gasteiger partial charge >= 0.3 is 11.9 Å². The van der Waals surface area contributed by atoms with Crippen LogP contribution in [0, 0.1) is 13.8 Å². The summed E-state index contributed by atoms with van der Waals surface area (Å²) in [6, 6.07) is 12.0. The fourth-order valence-electron chi connectivity index (χ4n) is 3.90. The Kier molecular flexibility index (Phi) is 7.16. The first kappa shape index (κ1) is 25.1. The van der Waals surface area contributed by atoms with Gasteiger partial charge < -0.3 is 18.5 Å². The second-order valence-corrected chi connectivity index (χ2v) is 8.95. The van der Waals surface area contributed by atoms with E-state index in [2.05, 4.69) is 4.74 Å². The molecule has 0 bridgehead atoms. The van der Waals surface area contributed by atoms with Gasteiger partial charge in [0.25, 0.3) is 11.1 Å². The molecule has 0 N–H and O–H groups in total. The van der Waals surface area contributed by atoms with E-state index >= 15 is 0 Å². The zero-order valence-corrected chi connectivity index (χ0v) is 21.0. The Morgan fingerprint density at radius 1 is 1.06 bits per heavy atom. The summed E-state index contributed by atoms with van der Waals surface area (Å²) < 4.78 is 17.0. The first-order chi connectivity index (χ1) is 17.2. The van der Waals surface area contributed by atoms with Gasteiger partial charge in [-0.25, -0.2) is 9.59 Å². The number of carbonyl (C=O) groups excluding carboxylic acids is 4. The molecule has 9 nitrogen and oxygen atoms in total. The van der Waals surface area contributed by atoms with Crippen molar-refractivity contribution in [3.8, 4) is 5.69 Å². The van der Waals surface area contributed by atoms with Crippen LogP contribution >= 0.6 is 11.8 Å². The smallest absolute Gasteiger partial charge is 0.373 e. The Labute approximate surface area is 211 Å². The summed E-state index contributed by atoms with van der Waals surface area (Å²) in [4.78, 5) is 50.4. The Bertz CT molecular complexity index is 1380. The maximum absolute atomic E-state index is 13.0. The quantitative estimate of drug-likeness (QED) is 0.328. The van der Waals surface area contributed by atoms with Crippen LogP contribution in [0.2, 0.25) is 0 Å². The average molecular weight is 509 g/mol. The van der Waals surface area contributed by atoms with Gasteiger partial charge in [-0.2, -0.15) is 0 Å². The molecule has 1 aliphatic heterocycles. The summed E-state index contributed by atoms with van der Waals surface area (Å²) in [6.07, 6.45) is 1.69. The van der Waals surface area contributed by atoms with Crippen molar-refractivity contribution in [1.29, 1.82) is 0 Å². The molecule has 2 aromatic heterocycles. The zero-order valence-electron chi connectivity index (χ0n) is 20.2. The molecule has 1 saturated heterocycles. The van der Waals surface area contributed by atoms with E-state index in [-0.39, 0.29) is 23.2 Å². The van der Waals surface area contributed by atoms with E-state index in [9.17, 15) is 19.2 Å². The van der Waals surface area contributed by atoms with Gasteiger partial charge in [0.1, 0.15) is 5.76 Å². The highest BCUT2D eigenvalue weighted by atomic mass is 32.2. The lowest BCUT2D eigenvalue weighted by atomic mass is 10.2. The molecular formula is C26H24N2O7S. The number of imide groups is 1. The molecule has 4 rings (SSSR count). The standard InChI is InChI=1S/C26H24N2O7S/c1-5-34-24(30)17-6-8-19(9-7-17)28-15(2)12-18(16(28)3)13-22-23(29)27(26(32)36-22)14-20-10-11-21(35-20)25(31)33-4/h6-13H,5,14H2,1-4H3/b22-13+. The van der Waals surface area contributed by atoms with E-state index < -0.39 is 17.1 Å². The number of aryl methyl sites for hydroxylation is 1. The van der Waals surface area contributed by atoms with E-state index in [1.54, 1.807) is 25.1 Å². The molecular weight excluding hydrogens is 484 g/mol. The second-order valence-electron chi connectivity index (χ2n) is 7.95. The predicted octanol–water partition coefficient (Wildman–Crippen LogP) is 4.89. The van der Waals surface area contributed by atoms with Gasteiger partial charge in [0.15, 0.2) is 0 Å². The fourth-order valence-corrected chi connectivity index (χ4v) is 4.73.